The fourth-order valence-corrected chi connectivity index (χ4v) is 2.32. The molecule has 0 aromatic heterocycles. The molecule has 1 saturated heterocycles. The lowest BCUT2D eigenvalue weighted by Gasteiger charge is -2.16. The Labute approximate surface area is 113 Å². The number of amides is 1. The number of nitrogen functional groups attached to an aromatic ring is 1. The quantitative estimate of drug-likeness (QED) is 0.774. The maximum atomic E-state index is 12.0. The van der Waals surface area contributed by atoms with Gasteiger partial charge in [-0.05, 0) is 30.9 Å². The summed E-state index contributed by atoms with van der Waals surface area (Å²) in [5, 5.41) is 8.89. The molecule has 104 valence electrons. The Bertz CT molecular complexity index is 436. The Hall–Kier alpha value is -1.75. The third kappa shape index (κ3) is 3.86. The minimum absolute atomic E-state index is 0.0112. The smallest absolute Gasteiger partial charge is 0.260 e. The zero-order valence-corrected chi connectivity index (χ0v) is 10.9. The van der Waals surface area contributed by atoms with Gasteiger partial charge in [-0.15, -0.1) is 0 Å². The van der Waals surface area contributed by atoms with Gasteiger partial charge in [0, 0.05) is 31.5 Å². The first-order valence-corrected chi connectivity index (χ1v) is 6.56. The lowest BCUT2D eigenvalue weighted by Crippen LogP contribution is -2.33. The first-order chi connectivity index (χ1) is 9.19. The van der Waals surface area contributed by atoms with Crippen molar-refractivity contribution in [2.75, 3.05) is 32.0 Å². The predicted molar refractivity (Wildman–Crippen MR) is 72.7 cm³/mol. The van der Waals surface area contributed by atoms with Crippen LogP contribution in [0, 0.1) is 5.92 Å². The van der Waals surface area contributed by atoms with E-state index in [-0.39, 0.29) is 19.1 Å². The van der Waals surface area contributed by atoms with Crippen molar-refractivity contribution < 1.29 is 14.6 Å². The number of aliphatic hydroxyl groups is 1. The molecule has 1 aromatic carbocycles. The van der Waals surface area contributed by atoms with Crippen molar-refractivity contribution in [3.63, 3.8) is 0 Å². The van der Waals surface area contributed by atoms with Gasteiger partial charge in [0.05, 0.1) is 0 Å². The highest BCUT2D eigenvalue weighted by atomic mass is 16.5. The lowest BCUT2D eigenvalue weighted by molar-refractivity contribution is -0.132. The summed E-state index contributed by atoms with van der Waals surface area (Å²) in [7, 11) is 0. The number of carbonyl (C=O) groups excluding carboxylic acids is 1. The van der Waals surface area contributed by atoms with Crippen LogP contribution in [0.2, 0.25) is 0 Å². The fourth-order valence-electron chi connectivity index (χ4n) is 2.32. The predicted octanol–water partition coefficient (Wildman–Crippen LogP) is 0.878. The van der Waals surface area contributed by atoms with E-state index in [0.29, 0.717) is 17.4 Å². The van der Waals surface area contributed by atoms with Gasteiger partial charge in [0.2, 0.25) is 0 Å². The van der Waals surface area contributed by atoms with Crippen molar-refractivity contribution in [2.45, 2.75) is 12.8 Å². The summed E-state index contributed by atoms with van der Waals surface area (Å²) < 4.78 is 5.44. The molecule has 0 bridgehead atoms. The third-order valence-electron chi connectivity index (χ3n) is 3.40. The molecule has 5 nitrogen and oxygen atoms in total. The number of likely N-dealkylation sites (tertiary alicyclic amines) is 1. The van der Waals surface area contributed by atoms with Gasteiger partial charge in [0.15, 0.2) is 6.61 Å². The molecule has 1 heterocycles. The van der Waals surface area contributed by atoms with E-state index in [4.69, 9.17) is 15.6 Å². The van der Waals surface area contributed by atoms with Gasteiger partial charge in [-0.25, -0.2) is 0 Å². The van der Waals surface area contributed by atoms with Crippen LogP contribution in [0.1, 0.15) is 12.8 Å². The topological polar surface area (TPSA) is 75.8 Å². The molecular weight excluding hydrogens is 244 g/mol. The summed E-state index contributed by atoms with van der Waals surface area (Å²) in [5.74, 6) is 1.02. The fraction of sp³-hybridized carbons (Fsp3) is 0.500. The second-order valence-corrected chi connectivity index (χ2v) is 4.87. The Kier molecular flexibility index (Phi) is 4.63. The van der Waals surface area contributed by atoms with E-state index in [1.54, 1.807) is 29.2 Å². The van der Waals surface area contributed by atoms with Crippen LogP contribution in [-0.2, 0) is 4.79 Å². The van der Waals surface area contributed by atoms with Crippen molar-refractivity contribution in [3.8, 4) is 5.75 Å². The number of ether oxygens (including phenoxy) is 1. The van der Waals surface area contributed by atoms with E-state index < -0.39 is 0 Å². The van der Waals surface area contributed by atoms with Crippen LogP contribution in [0.3, 0.4) is 0 Å². The molecule has 0 spiro atoms. The van der Waals surface area contributed by atoms with Crippen LogP contribution in [0.4, 0.5) is 5.69 Å². The second kappa shape index (κ2) is 6.43. The Morgan fingerprint density at radius 3 is 3.11 bits per heavy atom. The van der Waals surface area contributed by atoms with Crippen molar-refractivity contribution >= 4 is 11.6 Å². The summed E-state index contributed by atoms with van der Waals surface area (Å²) >= 11 is 0. The highest BCUT2D eigenvalue weighted by Crippen LogP contribution is 2.20. The van der Waals surface area contributed by atoms with Gasteiger partial charge < -0.3 is 20.5 Å². The number of rotatable bonds is 5. The van der Waals surface area contributed by atoms with Crippen LogP contribution in [0.5, 0.6) is 5.75 Å². The number of hydrogen-bond donors (Lipinski definition) is 2. The van der Waals surface area contributed by atoms with Gasteiger partial charge in [0.25, 0.3) is 5.91 Å². The standard InChI is InChI=1S/C14H20N2O3/c15-12-2-1-3-13(8-12)19-10-14(18)16-6-4-11(9-16)5-7-17/h1-3,8,11,17H,4-7,9-10,15H2. The molecule has 1 amide bonds. The van der Waals surface area contributed by atoms with Crippen molar-refractivity contribution in [3.05, 3.63) is 24.3 Å². The zero-order valence-electron chi connectivity index (χ0n) is 10.9. The van der Waals surface area contributed by atoms with Gasteiger partial charge in [-0.1, -0.05) is 6.07 Å². The van der Waals surface area contributed by atoms with Crippen LogP contribution < -0.4 is 10.5 Å². The van der Waals surface area contributed by atoms with Gasteiger partial charge in [-0.2, -0.15) is 0 Å². The minimum atomic E-state index is -0.0112. The van der Waals surface area contributed by atoms with Crippen molar-refractivity contribution in [1.29, 1.82) is 0 Å². The van der Waals surface area contributed by atoms with Gasteiger partial charge in [0.1, 0.15) is 5.75 Å². The number of carbonyl (C=O) groups is 1. The zero-order chi connectivity index (χ0) is 13.7. The molecule has 5 heteroatoms. The van der Waals surface area contributed by atoms with E-state index in [1.807, 2.05) is 0 Å². The van der Waals surface area contributed by atoms with Gasteiger partial charge in [-0.3, -0.25) is 4.79 Å². The summed E-state index contributed by atoms with van der Waals surface area (Å²) in [4.78, 5) is 13.8. The molecular formula is C14H20N2O3. The van der Waals surface area contributed by atoms with Gasteiger partial charge >= 0.3 is 0 Å². The van der Waals surface area contributed by atoms with E-state index in [9.17, 15) is 4.79 Å². The van der Waals surface area contributed by atoms with Crippen LogP contribution in [0.15, 0.2) is 24.3 Å². The lowest BCUT2D eigenvalue weighted by atomic mass is 10.1. The van der Waals surface area contributed by atoms with Crippen LogP contribution in [-0.4, -0.2) is 42.2 Å². The maximum absolute atomic E-state index is 12.0. The average Bonchev–Trinajstić information content (AvgIpc) is 2.85. The summed E-state index contributed by atoms with van der Waals surface area (Å²) in [6.07, 6.45) is 1.73. The third-order valence-corrected chi connectivity index (χ3v) is 3.40. The number of nitrogens with zero attached hydrogens (tertiary/aromatic N) is 1. The average molecular weight is 264 g/mol. The first kappa shape index (κ1) is 13.7. The molecule has 1 atom stereocenters. The molecule has 19 heavy (non-hydrogen) atoms. The Balaban J connectivity index is 1.79. The summed E-state index contributed by atoms with van der Waals surface area (Å²) in [6, 6.07) is 7.05. The highest BCUT2D eigenvalue weighted by Gasteiger charge is 2.25. The Morgan fingerprint density at radius 1 is 1.53 bits per heavy atom. The summed E-state index contributed by atoms with van der Waals surface area (Å²) in [5.41, 5.74) is 6.26. The number of benzene rings is 1. The monoisotopic (exact) mass is 264 g/mol. The van der Waals surface area contributed by atoms with E-state index in [0.717, 1.165) is 25.9 Å². The number of anilines is 1. The molecule has 1 aromatic rings. The number of nitrogens with two attached hydrogens (primary N) is 1. The van der Waals surface area contributed by atoms with E-state index >= 15 is 0 Å². The second-order valence-electron chi connectivity index (χ2n) is 4.87. The molecule has 1 unspecified atom stereocenters. The van der Waals surface area contributed by atoms with Crippen LogP contribution >= 0.6 is 0 Å². The van der Waals surface area contributed by atoms with Crippen molar-refractivity contribution in [2.24, 2.45) is 5.92 Å². The SMILES string of the molecule is Nc1cccc(OCC(=O)N2CCC(CCO)C2)c1. The molecule has 0 saturated carbocycles. The number of aliphatic hydroxyl groups excluding tert-OH is 1. The van der Waals surface area contributed by atoms with Crippen LogP contribution in [0.25, 0.3) is 0 Å². The molecule has 1 aliphatic heterocycles. The molecule has 2 rings (SSSR count). The molecule has 1 fully saturated rings. The van der Waals surface area contributed by atoms with E-state index in [2.05, 4.69) is 0 Å². The largest absolute Gasteiger partial charge is 0.484 e. The molecule has 3 N–H and O–H groups in total. The Morgan fingerprint density at radius 2 is 2.37 bits per heavy atom. The first-order valence-electron chi connectivity index (χ1n) is 6.56. The normalized spacial score (nSPS) is 18.6. The van der Waals surface area contributed by atoms with E-state index in [1.165, 1.54) is 0 Å². The highest BCUT2D eigenvalue weighted by molar-refractivity contribution is 5.78. The maximum Gasteiger partial charge on any atom is 0.260 e. The molecule has 0 radical (unpaired) electrons. The minimum Gasteiger partial charge on any atom is -0.484 e. The number of hydrogen-bond acceptors (Lipinski definition) is 4. The van der Waals surface area contributed by atoms with Crippen molar-refractivity contribution in [1.82, 2.24) is 4.90 Å². The molecule has 0 aliphatic carbocycles. The summed E-state index contributed by atoms with van der Waals surface area (Å²) in [6.45, 7) is 1.70. The molecule has 1 aliphatic rings.